The van der Waals surface area contributed by atoms with E-state index in [0.29, 0.717) is 12.1 Å². The number of nitrogens with two attached hydrogens (primary N) is 1. The van der Waals surface area contributed by atoms with Crippen LogP contribution in [0.3, 0.4) is 0 Å². The maximum atomic E-state index is 5.97. The van der Waals surface area contributed by atoms with Crippen LogP contribution in [0.2, 0.25) is 0 Å². The predicted octanol–water partition coefficient (Wildman–Crippen LogP) is 3.64. The summed E-state index contributed by atoms with van der Waals surface area (Å²) >= 11 is 0. The first-order valence-electron chi connectivity index (χ1n) is 9.11. The highest BCUT2D eigenvalue weighted by atomic mass is 16.5. The minimum atomic E-state index is 0.481. The van der Waals surface area contributed by atoms with Gasteiger partial charge in [-0.25, -0.2) is 0 Å². The SMILES string of the molecule is NC(=NCCCOC1CCCCC1)Nc1ccc2c(c1)CCC2. The largest absolute Gasteiger partial charge is 0.378 e. The molecule has 2 aliphatic rings. The second-order valence-electron chi connectivity index (χ2n) is 6.71. The van der Waals surface area contributed by atoms with Gasteiger partial charge in [0.2, 0.25) is 0 Å². The summed E-state index contributed by atoms with van der Waals surface area (Å²) in [5.74, 6) is 0.501. The van der Waals surface area contributed by atoms with Gasteiger partial charge in [-0.3, -0.25) is 4.99 Å². The summed E-state index contributed by atoms with van der Waals surface area (Å²) in [6.45, 7) is 1.51. The zero-order valence-corrected chi connectivity index (χ0v) is 14.0. The molecule has 0 amide bonds. The number of rotatable bonds is 6. The summed E-state index contributed by atoms with van der Waals surface area (Å²) in [4.78, 5) is 4.40. The zero-order chi connectivity index (χ0) is 15.9. The molecule has 0 saturated heterocycles. The fourth-order valence-corrected chi connectivity index (χ4v) is 3.58. The lowest BCUT2D eigenvalue weighted by molar-refractivity contribution is 0.0281. The van der Waals surface area contributed by atoms with Crippen molar-refractivity contribution in [1.82, 2.24) is 0 Å². The van der Waals surface area contributed by atoms with Crippen molar-refractivity contribution in [3.05, 3.63) is 29.3 Å². The molecule has 2 aliphatic carbocycles. The van der Waals surface area contributed by atoms with Crippen LogP contribution in [0.25, 0.3) is 0 Å². The number of hydrogen-bond donors (Lipinski definition) is 2. The fraction of sp³-hybridized carbons (Fsp3) is 0.632. The monoisotopic (exact) mass is 315 g/mol. The van der Waals surface area contributed by atoms with Gasteiger partial charge < -0.3 is 15.8 Å². The lowest BCUT2D eigenvalue weighted by atomic mass is 9.98. The Morgan fingerprint density at radius 2 is 1.96 bits per heavy atom. The van der Waals surface area contributed by atoms with E-state index in [0.717, 1.165) is 25.3 Å². The third-order valence-corrected chi connectivity index (χ3v) is 4.86. The molecule has 0 bridgehead atoms. The molecule has 4 nitrogen and oxygen atoms in total. The van der Waals surface area contributed by atoms with E-state index >= 15 is 0 Å². The quantitative estimate of drug-likeness (QED) is 0.479. The molecule has 0 heterocycles. The smallest absolute Gasteiger partial charge is 0.193 e. The van der Waals surface area contributed by atoms with E-state index in [1.165, 1.54) is 62.5 Å². The summed E-state index contributed by atoms with van der Waals surface area (Å²) in [6, 6.07) is 6.51. The van der Waals surface area contributed by atoms with Crippen molar-refractivity contribution in [1.29, 1.82) is 0 Å². The van der Waals surface area contributed by atoms with Gasteiger partial charge in [-0.05, 0) is 61.8 Å². The molecule has 0 spiro atoms. The number of guanidine groups is 1. The van der Waals surface area contributed by atoms with Crippen LogP contribution in [-0.2, 0) is 17.6 Å². The Morgan fingerprint density at radius 1 is 1.13 bits per heavy atom. The molecule has 0 unspecified atom stereocenters. The van der Waals surface area contributed by atoms with E-state index in [4.69, 9.17) is 10.5 Å². The van der Waals surface area contributed by atoms with E-state index in [2.05, 4.69) is 28.5 Å². The van der Waals surface area contributed by atoms with E-state index < -0.39 is 0 Å². The van der Waals surface area contributed by atoms with Crippen LogP contribution in [0.4, 0.5) is 5.69 Å². The lowest BCUT2D eigenvalue weighted by Crippen LogP contribution is -2.23. The number of hydrogen-bond acceptors (Lipinski definition) is 2. The van der Waals surface area contributed by atoms with Gasteiger partial charge >= 0.3 is 0 Å². The van der Waals surface area contributed by atoms with Gasteiger partial charge in [0.1, 0.15) is 0 Å². The first-order valence-corrected chi connectivity index (χ1v) is 9.11. The summed E-state index contributed by atoms with van der Waals surface area (Å²) in [5, 5.41) is 3.20. The number of benzene rings is 1. The Bertz CT molecular complexity index is 535. The molecule has 3 rings (SSSR count). The van der Waals surface area contributed by atoms with Crippen LogP contribution < -0.4 is 11.1 Å². The minimum absolute atomic E-state index is 0.481. The van der Waals surface area contributed by atoms with E-state index in [9.17, 15) is 0 Å². The van der Waals surface area contributed by atoms with E-state index in [-0.39, 0.29) is 0 Å². The Kier molecular flexibility index (Phi) is 5.92. The third-order valence-electron chi connectivity index (χ3n) is 4.86. The highest BCUT2D eigenvalue weighted by Gasteiger charge is 2.13. The molecule has 23 heavy (non-hydrogen) atoms. The Balaban J connectivity index is 1.36. The summed E-state index contributed by atoms with van der Waals surface area (Å²) in [5.41, 5.74) is 9.95. The van der Waals surface area contributed by atoms with Gasteiger partial charge in [0, 0.05) is 18.8 Å². The Morgan fingerprint density at radius 3 is 2.83 bits per heavy atom. The predicted molar refractivity (Wildman–Crippen MR) is 96.0 cm³/mol. The molecule has 1 fully saturated rings. The molecule has 0 aromatic heterocycles. The van der Waals surface area contributed by atoms with Gasteiger partial charge in [-0.1, -0.05) is 25.3 Å². The summed E-state index contributed by atoms with van der Waals surface area (Å²) in [6.07, 6.45) is 11.5. The number of anilines is 1. The van der Waals surface area contributed by atoms with Gasteiger partial charge in [-0.15, -0.1) is 0 Å². The van der Waals surface area contributed by atoms with Crippen molar-refractivity contribution in [3.63, 3.8) is 0 Å². The fourth-order valence-electron chi connectivity index (χ4n) is 3.58. The number of ether oxygens (including phenoxy) is 1. The molecule has 1 aromatic carbocycles. The molecule has 0 atom stereocenters. The van der Waals surface area contributed by atoms with Gasteiger partial charge in [0.25, 0.3) is 0 Å². The normalized spacial score (nSPS) is 18.9. The molecule has 0 radical (unpaired) electrons. The maximum Gasteiger partial charge on any atom is 0.193 e. The van der Waals surface area contributed by atoms with Gasteiger partial charge in [0.05, 0.1) is 6.10 Å². The van der Waals surface area contributed by atoms with Crippen LogP contribution in [-0.4, -0.2) is 25.2 Å². The third kappa shape index (κ3) is 4.96. The van der Waals surface area contributed by atoms with Crippen LogP contribution in [0, 0.1) is 0 Å². The molecule has 4 heteroatoms. The van der Waals surface area contributed by atoms with Crippen LogP contribution in [0.15, 0.2) is 23.2 Å². The average Bonchev–Trinajstić information content (AvgIpc) is 3.03. The molecular weight excluding hydrogens is 286 g/mol. The van der Waals surface area contributed by atoms with Crippen LogP contribution >= 0.6 is 0 Å². The number of nitrogens with one attached hydrogen (secondary N) is 1. The second kappa shape index (κ2) is 8.34. The molecule has 1 aromatic rings. The van der Waals surface area contributed by atoms with Crippen molar-refractivity contribution in [2.24, 2.45) is 10.7 Å². The first kappa shape index (κ1) is 16.3. The van der Waals surface area contributed by atoms with Crippen molar-refractivity contribution >= 4 is 11.6 Å². The standard InChI is InChI=1S/C19H29N3O/c20-19(21-12-5-13-23-18-8-2-1-3-9-18)22-17-11-10-15-6-4-7-16(15)14-17/h10-11,14,18H,1-9,12-13H2,(H3,20,21,22). The molecule has 3 N–H and O–H groups in total. The Labute approximate surface area is 139 Å². The average molecular weight is 315 g/mol. The second-order valence-corrected chi connectivity index (χ2v) is 6.71. The number of aryl methyl sites for hydroxylation is 2. The van der Waals surface area contributed by atoms with Crippen molar-refractivity contribution in [2.75, 3.05) is 18.5 Å². The Hall–Kier alpha value is -1.55. The maximum absolute atomic E-state index is 5.97. The molecular formula is C19H29N3O. The highest BCUT2D eigenvalue weighted by Crippen LogP contribution is 2.24. The summed E-state index contributed by atoms with van der Waals surface area (Å²) in [7, 11) is 0. The topological polar surface area (TPSA) is 59.6 Å². The van der Waals surface area contributed by atoms with Gasteiger partial charge in [-0.2, -0.15) is 0 Å². The highest BCUT2D eigenvalue weighted by molar-refractivity contribution is 5.92. The van der Waals surface area contributed by atoms with Crippen LogP contribution in [0.5, 0.6) is 0 Å². The summed E-state index contributed by atoms with van der Waals surface area (Å²) < 4.78 is 5.90. The molecule has 1 saturated carbocycles. The van der Waals surface area contributed by atoms with Crippen molar-refractivity contribution < 1.29 is 4.74 Å². The number of fused-ring (bicyclic) bond motifs is 1. The van der Waals surface area contributed by atoms with E-state index in [1.54, 1.807) is 0 Å². The lowest BCUT2D eigenvalue weighted by Gasteiger charge is -2.21. The zero-order valence-electron chi connectivity index (χ0n) is 14.0. The number of aliphatic imine (C=N–C) groups is 1. The van der Waals surface area contributed by atoms with E-state index in [1.807, 2.05) is 0 Å². The van der Waals surface area contributed by atoms with Crippen molar-refractivity contribution in [3.8, 4) is 0 Å². The minimum Gasteiger partial charge on any atom is -0.378 e. The number of nitrogens with zero attached hydrogens (tertiary/aromatic N) is 1. The van der Waals surface area contributed by atoms with Gasteiger partial charge in [0.15, 0.2) is 5.96 Å². The van der Waals surface area contributed by atoms with Crippen molar-refractivity contribution in [2.45, 2.75) is 63.9 Å². The first-order chi connectivity index (χ1) is 11.3. The molecule has 126 valence electrons. The molecule has 0 aliphatic heterocycles. The van der Waals surface area contributed by atoms with Crippen LogP contribution in [0.1, 0.15) is 56.1 Å².